The number of fused-ring (bicyclic) bond motifs is 1. The van der Waals surface area contributed by atoms with E-state index in [-0.39, 0.29) is 30.9 Å². The van der Waals surface area contributed by atoms with Gasteiger partial charge in [-0.15, -0.1) is 12.4 Å². The molecule has 1 saturated heterocycles. The van der Waals surface area contributed by atoms with Crippen molar-refractivity contribution in [2.45, 2.75) is 19.4 Å². The van der Waals surface area contributed by atoms with Gasteiger partial charge in [0.1, 0.15) is 6.54 Å². The van der Waals surface area contributed by atoms with E-state index in [2.05, 4.69) is 0 Å². The Balaban J connectivity index is 0.00000192. The molecule has 2 atom stereocenters. The Morgan fingerprint density at radius 2 is 1.78 bits per heavy atom. The fraction of sp³-hybridized carbons (Fsp3) is 0.438. The third-order valence-electron chi connectivity index (χ3n) is 4.49. The second-order valence-electron chi connectivity index (χ2n) is 5.97. The SMILES string of the molecule is CC1CC(CN)CN1C(=O)CN1C(=O)c2ccccc2C1=O.Cl. The largest absolute Gasteiger partial charge is 0.338 e. The first-order valence-electron chi connectivity index (χ1n) is 7.47. The molecule has 1 aromatic carbocycles. The Labute approximate surface area is 141 Å². The van der Waals surface area contributed by atoms with Gasteiger partial charge in [0, 0.05) is 12.6 Å². The van der Waals surface area contributed by atoms with Crippen LogP contribution in [0.4, 0.5) is 0 Å². The predicted molar refractivity (Wildman–Crippen MR) is 87.4 cm³/mol. The Morgan fingerprint density at radius 1 is 1.22 bits per heavy atom. The summed E-state index contributed by atoms with van der Waals surface area (Å²) in [6.07, 6.45) is 0.865. The topological polar surface area (TPSA) is 83.7 Å². The van der Waals surface area contributed by atoms with Crippen LogP contribution in [0.5, 0.6) is 0 Å². The van der Waals surface area contributed by atoms with Gasteiger partial charge in [-0.25, -0.2) is 0 Å². The molecule has 1 fully saturated rings. The zero-order valence-corrected chi connectivity index (χ0v) is 13.7. The van der Waals surface area contributed by atoms with Crippen molar-refractivity contribution in [2.24, 2.45) is 11.7 Å². The number of amides is 3. The first kappa shape index (κ1) is 17.4. The van der Waals surface area contributed by atoms with Crippen LogP contribution in [0.2, 0.25) is 0 Å². The standard InChI is InChI=1S/C16H19N3O3.ClH/c1-10-6-11(7-17)8-18(10)14(20)9-19-15(21)12-4-2-3-5-13(12)16(19)22;/h2-5,10-11H,6-9,17H2,1H3;1H. The number of hydrogen-bond donors (Lipinski definition) is 1. The minimum absolute atomic E-state index is 0. The summed E-state index contributed by atoms with van der Waals surface area (Å²) in [5.41, 5.74) is 6.41. The van der Waals surface area contributed by atoms with Crippen molar-refractivity contribution in [2.75, 3.05) is 19.6 Å². The summed E-state index contributed by atoms with van der Waals surface area (Å²) in [6, 6.07) is 6.75. The molecule has 1 aromatic rings. The average Bonchev–Trinajstić information content (AvgIpc) is 3.01. The van der Waals surface area contributed by atoms with Gasteiger partial charge in [0.2, 0.25) is 5.91 Å². The van der Waals surface area contributed by atoms with E-state index in [0.29, 0.717) is 30.1 Å². The predicted octanol–water partition coefficient (Wildman–Crippen LogP) is 0.900. The Hall–Kier alpha value is -1.92. The van der Waals surface area contributed by atoms with Crippen molar-refractivity contribution in [3.8, 4) is 0 Å². The fourth-order valence-corrected chi connectivity index (χ4v) is 3.27. The fourth-order valence-electron chi connectivity index (χ4n) is 3.27. The molecule has 3 rings (SSSR count). The van der Waals surface area contributed by atoms with Crippen molar-refractivity contribution < 1.29 is 14.4 Å². The Bertz CT molecular complexity index is 614. The van der Waals surface area contributed by atoms with Gasteiger partial charge < -0.3 is 10.6 Å². The lowest BCUT2D eigenvalue weighted by molar-refractivity contribution is -0.132. The summed E-state index contributed by atoms with van der Waals surface area (Å²) >= 11 is 0. The zero-order valence-electron chi connectivity index (χ0n) is 12.9. The smallest absolute Gasteiger partial charge is 0.262 e. The van der Waals surface area contributed by atoms with Crippen LogP contribution in [0.15, 0.2) is 24.3 Å². The van der Waals surface area contributed by atoms with Crippen molar-refractivity contribution in [1.29, 1.82) is 0 Å². The Morgan fingerprint density at radius 3 is 2.26 bits per heavy atom. The van der Waals surface area contributed by atoms with Crippen LogP contribution in [0.25, 0.3) is 0 Å². The van der Waals surface area contributed by atoms with Gasteiger partial charge >= 0.3 is 0 Å². The van der Waals surface area contributed by atoms with E-state index in [1.165, 1.54) is 0 Å². The lowest BCUT2D eigenvalue weighted by Gasteiger charge is -2.24. The van der Waals surface area contributed by atoms with E-state index in [9.17, 15) is 14.4 Å². The molecule has 2 aliphatic rings. The van der Waals surface area contributed by atoms with E-state index in [1.807, 2.05) is 6.92 Å². The zero-order chi connectivity index (χ0) is 15.9. The van der Waals surface area contributed by atoms with Gasteiger partial charge in [-0.05, 0) is 37.9 Å². The Kier molecular flexibility index (Phi) is 5.06. The van der Waals surface area contributed by atoms with Crippen LogP contribution in [-0.2, 0) is 4.79 Å². The maximum absolute atomic E-state index is 12.5. The number of likely N-dealkylation sites (tertiary alicyclic amines) is 1. The molecule has 3 amide bonds. The molecule has 7 heteroatoms. The monoisotopic (exact) mass is 337 g/mol. The molecule has 0 spiro atoms. The van der Waals surface area contributed by atoms with Crippen molar-refractivity contribution >= 4 is 30.1 Å². The second kappa shape index (κ2) is 6.68. The molecular weight excluding hydrogens is 318 g/mol. The summed E-state index contributed by atoms with van der Waals surface area (Å²) in [5, 5.41) is 0. The van der Waals surface area contributed by atoms with Crippen molar-refractivity contribution in [1.82, 2.24) is 9.80 Å². The number of nitrogens with two attached hydrogens (primary N) is 1. The van der Waals surface area contributed by atoms with E-state index in [1.54, 1.807) is 29.2 Å². The molecule has 23 heavy (non-hydrogen) atoms. The molecule has 0 aliphatic carbocycles. The minimum Gasteiger partial charge on any atom is -0.338 e. The van der Waals surface area contributed by atoms with E-state index in [4.69, 9.17) is 5.73 Å². The van der Waals surface area contributed by atoms with Gasteiger partial charge in [-0.2, -0.15) is 0 Å². The number of carbonyl (C=O) groups is 3. The van der Waals surface area contributed by atoms with Gasteiger partial charge in [-0.1, -0.05) is 12.1 Å². The highest BCUT2D eigenvalue weighted by atomic mass is 35.5. The maximum atomic E-state index is 12.5. The lowest BCUT2D eigenvalue weighted by Crippen LogP contribution is -2.44. The molecule has 2 unspecified atom stereocenters. The minimum atomic E-state index is -0.392. The molecule has 6 nitrogen and oxygen atoms in total. The molecule has 2 heterocycles. The highest BCUT2D eigenvalue weighted by Gasteiger charge is 2.39. The number of imide groups is 1. The first-order valence-corrected chi connectivity index (χ1v) is 7.47. The third-order valence-corrected chi connectivity index (χ3v) is 4.49. The van der Waals surface area contributed by atoms with Crippen molar-refractivity contribution in [3.05, 3.63) is 35.4 Å². The molecule has 0 radical (unpaired) electrons. The average molecular weight is 338 g/mol. The summed E-state index contributed by atoms with van der Waals surface area (Å²) in [7, 11) is 0. The van der Waals surface area contributed by atoms with E-state index >= 15 is 0 Å². The number of rotatable bonds is 3. The number of hydrogen-bond acceptors (Lipinski definition) is 4. The quantitative estimate of drug-likeness (QED) is 0.831. The highest BCUT2D eigenvalue weighted by Crippen LogP contribution is 2.25. The number of nitrogens with zero attached hydrogens (tertiary/aromatic N) is 2. The maximum Gasteiger partial charge on any atom is 0.262 e. The van der Waals surface area contributed by atoms with Gasteiger partial charge in [0.15, 0.2) is 0 Å². The molecule has 0 bridgehead atoms. The lowest BCUT2D eigenvalue weighted by atomic mass is 10.1. The van der Waals surface area contributed by atoms with E-state index in [0.717, 1.165) is 11.3 Å². The summed E-state index contributed by atoms with van der Waals surface area (Å²) in [5.74, 6) is -0.688. The second-order valence-corrected chi connectivity index (χ2v) is 5.97. The molecule has 2 aliphatic heterocycles. The molecular formula is C16H20ClN3O3. The molecule has 124 valence electrons. The first-order chi connectivity index (χ1) is 10.5. The van der Waals surface area contributed by atoms with E-state index < -0.39 is 11.8 Å². The van der Waals surface area contributed by atoms with Gasteiger partial charge in [0.25, 0.3) is 11.8 Å². The highest BCUT2D eigenvalue weighted by molar-refractivity contribution is 6.22. The molecule has 0 aromatic heterocycles. The van der Waals surface area contributed by atoms with Crippen LogP contribution >= 0.6 is 12.4 Å². The van der Waals surface area contributed by atoms with Crippen molar-refractivity contribution in [3.63, 3.8) is 0 Å². The summed E-state index contributed by atoms with van der Waals surface area (Å²) < 4.78 is 0. The number of carbonyl (C=O) groups excluding carboxylic acids is 3. The van der Waals surface area contributed by atoms with Crippen LogP contribution in [-0.4, -0.2) is 53.2 Å². The number of halogens is 1. The van der Waals surface area contributed by atoms with Crippen LogP contribution in [0.1, 0.15) is 34.1 Å². The van der Waals surface area contributed by atoms with Gasteiger partial charge in [-0.3, -0.25) is 19.3 Å². The van der Waals surface area contributed by atoms with Crippen LogP contribution in [0, 0.1) is 5.92 Å². The normalized spacial score (nSPS) is 23.0. The summed E-state index contributed by atoms with van der Waals surface area (Å²) in [6.45, 7) is 2.91. The van der Waals surface area contributed by atoms with Crippen LogP contribution < -0.4 is 5.73 Å². The number of benzene rings is 1. The van der Waals surface area contributed by atoms with Crippen LogP contribution in [0.3, 0.4) is 0 Å². The third kappa shape index (κ3) is 2.96. The molecule has 0 saturated carbocycles. The molecule has 2 N–H and O–H groups in total. The van der Waals surface area contributed by atoms with Gasteiger partial charge in [0.05, 0.1) is 11.1 Å². The summed E-state index contributed by atoms with van der Waals surface area (Å²) in [4.78, 5) is 39.8.